The molecule has 0 unspecified atom stereocenters. The van der Waals surface area contributed by atoms with E-state index in [9.17, 15) is 17.2 Å². The first kappa shape index (κ1) is 19.2. The minimum atomic E-state index is -3.81. The van der Waals surface area contributed by atoms with Gasteiger partial charge in [-0.2, -0.15) is 5.10 Å². The maximum absolute atomic E-state index is 13.8. The van der Waals surface area contributed by atoms with E-state index in [1.807, 2.05) is 6.07 Å². The molecule has 1 atom stereocenters. The molecule has 5 nitrogen and oxygen atoms in total. The third-order valence-corrected chi connectivity index (χ3v) is 5.68. The molecule has 3 aromatic rings. The molecular weight excluding hydrogens is 396 g/mol. The summed E-state index contributed by atoms with van der Waals surface area (Å²) in [5, 5.41) is 11.5. The first-order chi connectivity index (χ1) is 13.8. The van der Waals surface area contributed by atoms with Gasteiger partial charge in [0.25, 0.3) is 0 Å². The lowest BCUT2D eigenvalue weighted by Crippen LogP contribution is -2.19. The van der Waals surface area contributed by atoms with Gasteiger partial charge in [-0.15, -0.1) is 0 Å². The summed E-state index contributed by atoms with van der Waals surface area (Å²) in [4.78, 5) is -0.00881. The van der Waals surface area contributed by atoms with Crippen LogP contribution in [0.5, 0.6) is 0 Å². The number of hydrogen-bond acceptors (Lipinski definition) is 4. The average Bonchev–Trinajstić information content (AvgIpc) is 3.13. The maximum atomic E-state index is 13.8. The molecule has 0 aliphatic carbocycles. The Hall–Kier alpha value is -3.10. The standard InChI is InChI=1S/C21H17F2N3O2S/c22-16-6-4-14(5-7-16)20-13-21(15-2-1-3-17(23)12-15)26(25-20)18-8-10-19(11-9-18)29(24,27)28/h1-12,21H,13H2,(H2,24,27,28)/t21-/m0/s1. The predicted octanol–water partition coefficient (Wildman–Crippen LogP) is 3.97. The number of benzene rings is 3. The van der Waals surface area contributed by atoms with Crippen molar-refractivity contribution in [3.8, 4) is 0 Å². The van der Waals surface area contributed by atoms with E-state index in [1.54, 1.807) is 35.3 Å². The van der Waals surface area contributed by atoms with E-state index >= 15 is 0 Å². The molecule has 3 aromatic carbocycles. The Balaban J connectivity index is 1.75. The predicted molar refractivity (Wildman–Crippen MR) is 107 cm³/mol. The number of rotatable bonds is 4. The second-order valence-corrected chi connectivity index (χ2v) is 8.27. The number of sulfonamides is 1. The highest BCUT2D eigenvalue weighted by Gasteiger charge is 2.30. The molecule has 0 saturated carbocycles. The number of anilines is 1. The van der Waals surface area contributed by atoms with Crippen molar-refractivity contribution in [2.45, 2.75) is 17.4 Å². The van der Waals surface area contributed by atoms with Crippen LogP contribution in [0.3, 0.4) is 0 Å². The molecule has 1 heterocycles. The molecule has 0 radical (unpaired) electrons. The van der Waals surface area contributed by atoms with Crippen molar-refractivity contribution in [1.29, 1.82) is 0 Å². The first-order valence-corrected chi connectivity index (χ1v) is 10.4. The van der Waals surface area contributed by atoms with Crippen molar-refractivity contribution < 1.29 is 17.2 Å². The van der Waals surface area contributed by atoms with Gasteiger partial charge in [0, 0.05) is 6.42 Å². The second kappa shape index (κ2) is 7.38. The van der Waals surface area contributed by atoms with Gasteiger partial charge in [-0.05, 0) is 59.7 Å². The zero-order valence-corrected chi connectivity index (χ0v) is 16.0. The Labute approximate surface area is 167 Å². The van der Waals surface area contributed by atoms with E-state index in [4.69, 9.17) is 5.14 Å². The molecule has 0 fully saturated rings. The van der Waals surface area contributed by atoms with Crippen LogP contribution in [0.15, 0.2) is 82.8 Å². The van der Waals surface area contributed by atoms with Gasteiger partial charge in [-0.3, -0.25) is 5.01 Å². The number of hydrogen-bond donors (Lipinski definition) is 1. The third kappa shape index (κ3) is 4.03. The monoisotopic (exact) mass is 413 g/mol. The number of hydrazone groups is 1. The fourth-order valence-electron chi connectivity index (χ4n) is 3.33. The molecule has 0 amide bonds. The Morgan fingerprint density at radius 2 is 1.62 bits per heavy atom. The van der Waals surface area contributed by atoms with Crippen molar-refractivity contribution in [1.82, 2.24) is 0 Å². The summed E-state index contributed by atoms with van der Waals surface area (Å²) in [6.07, 6.45) is 0.478. The summed E-state index contributed by atoms with van der Waals surface area (Å²) in [6.45, 7) is 0. The third-order valence-electron chi connectivity index (χ3n) is 4.75. The van der Waals surface area contributed by atoms with Crippen molar-refractivity contribution in [3.05, 3.63) is 95.6 Å². The fourth-order valence-corrected chi connectivity index (χ4v) is 3.84. The summed E-state index contributed by atoms with van der Waals surface area (Å²) in [6, 6.07) is 18.0. The quantitative estimate of drug-likeness (QED) is 0.703. The lowest BCUT2D eigenvalue weighted by molar-refractivity contribution is 0.597. The Bertz CT molecular complexity index is 1180. The van der Waals surface area contributed by atoms with Gasteiger partial charge in [-0.1, -0.05) is 24.3 Å². The summed E-state index contributed by atoms with van der Waals surface area (Å²) in [5.74, 6) is -0.702. The summed E-state index contributed by atoms with van der Waals surface area (Å²) in [7, 11) is -3.81. The molecule has 0 spiro atoms. The summed E-state index contributed by atoms with van der Waals surface area (Å²) in [5.41, 5.74) is 2.83. The molecule has 148 valence electrons. The molecule has 4 rings (SSSR count). The summed E-state index contributed by atoms with van der Waals surface area (Å²) < 4.78 is 50.1. The maximum Gasteiger partial charge on any atom is 0.238 e. The number of halogens is 2. The molecular formula is C21H17F2N3O2S. The number of nitrogens with two attached hydrogens (primary N) is 1. The van der Waals surface area contributed by atoms with Crippen LogP contribution in [0.2, 0.25) is 0 Å². The van der Waals surface area contributed by atoms with Crippen LogP contribution in [0, 0.1) is 11.6 Å². The van der Waals surface area contributed by atoms with E-state index in [2.05, 4.69) is 5.10 Å². The topological polar surface area (TPSA) is 75.8 Å². The van der Waals surface area contributed by atoms with E-state index in [0.29, 0.717) is 12.1 Å². The normalized spacial score (nSPS) is 16.7. The zero-order valence-electron chi connectivity index (χ0n) is 15.2. The number of primary sulfonamides is 1. The minimum Gasteiger partial charge on any atom is -0.257 e. The van der Waals surface area contributed by atoms with Crippen LogP contribution in [-0.2, 0) is 10.0 Å². The van der Waals surface area contributed by atoms with Crippen LogP contribution in [0.25, 0.3) is 0 Å². The van der Waals surface area contributed by atoms with Crippen molar-refractivity contribution in [2.75, 3.05) is 5.01 Å². The molecule has 0 aromatic heterocycles. The molecule has 0 bridgehead atoms. The molecule has 8 heteroatoms. The largest absolute Gasteiger partial charge is 0.257 e. The Morgan fingerprint density at radius 1 is 0.931 bits per heavy atom. The summed E-state index contributed by atoms with van der Waals surface area (Å²) >= 11 is 0. The lowest BCUT2D eigenvalue weighted by Gasteiger charge is -2.24. The van der Waals surface area contributed by atoms with Crippen LogP contribution in [0.1, 0.15) is 23.6 Å². The molecule has 0 saturated heterocycles. The highest BCUT2D eigenvalue weighted by Crippen LogP contribution is 2.37. The van der Waals surface area contributed by atoms with Crippen LogP contribution in [0.4, 0.5) is 14.5 Å². The van der Waals surface area contributed by atoms with E-state index in [0.717, 1.165) is 16.8 Å². The average molecular weight is 413 g/mol. The highest BCUT2D eigenvalue weighted by atomic mass is 32.2. The molecule has 1 aliphatic heterocycles. The Morgan fingerprint density at radius 3 is 2.24 bits per heavy atom. The minimum absolute atomic E-state index is 0.00881. The van der Waals surface area contributed by atoms with Gasteiger partial charge in [0.15, 0.2) is 0 Å². The lowest BCUT2D eigenvalue weighted by atomic mass is 9.98. The first-order valence-electron chi connectivity index (χ1n) is 8.82. The van der Waals surface area contributed by atoms with Gasteiger partial charge in [0.05, 0.1) is 22.3 Å². The van der Waals surface area contributed by atoms with Gasteiger partial charge in [0.2, 0.25) is 10.0 Å². The van der Waals surface area contributed by atoms with Crippen molar-refractivity contribution in [3.63, 3.8) is 0 Å². The smallest absolute Gasteiger partial charge is 0.238 e. The van der Waals surface area contributed by atoms with E-state index < -0.39 is 10.0 Å². The van der Waals surface area contributed by atoms with Crippen LogP contribution >= 0.6 is 0 Å². The molecule has 29 heavy (non-hydrogen) atoms. The van der Waals surface area contributed by atoms with Crippen LogP contribution < -0.4 is 10.1 Å². The molecule has 2 N–H and O–H groups in total. The van der Waals surface area contributed by atoms with E-state index in [1.165, 1.54) is 36.4 Å². The Kier molecular flexibility index (Phi) is 4.89. The van der Waals surface area contributed by atoms with Crippen molar-refractivity contribution >= 4 is 21.4 Å². The van der Waals surface area contributed by atoms with Gasteiger partial charge in [0.1, 0.15) is 11.6 Å². The van der Waals surface area contributed by atoms with Crippen LogP contribution in [-0.4, -0.2) is 14.1 Å². The van der Waals surface area contributed by atoms with Gasteiger partial charge < -0.3 is 0 Å². The molecule has 1 aliphatic rings. The van der Waals surface area contributed by atoms with Gasteiger partial charge >= 0.3 is 0 Å². The second-order valence-electron chi connectivity index (χ2n) is 6.71. The highest BCUT2D eigenvalue weighted by molar-refractivity contribution is 7.89. The SMILES string of the molecule is NS(=O)(=O)c1ccc(N2N=C(c3ccc(F)cc3)C[C@H]2c2cccc(F)c2)cc1. The zero-order chi connectivity index (χ0) is 20.6. The van der Waals surface area contributed by atoms with Gasteiger partial charge in [-0.25, -0.2) is 22.3 Å². The number of nitrogens with zero attached hydrogens (tertiary/aromatic N) is 2. The van der Waals surface area contributed by atoms with Crippen molar-refractivity contribution in [2.24, 2.45) is 10.2 Å². The van der Waals surface area contributed by atoms with E-state index in [-0.39, 0.29) is 22.6 Å². The fraction of sp³-hybridized carbons (Fsp3) is 0.0952.